The lowest BCUT2D eigenvalue weighted by Crippen LogP contribution is -2.43. The van der Waals surface area contributed by atoms with E-state index in [0.717, 1.165) is 103 Å². The van der Waals surface area contributed by atoms with Crippen LogP contribution in [-0.2, 0) is 71.9 Å². The van der Waals surface area contributed by atoms with Gasteiger partial charge in [0, 0.05) is 103 Å². The Kier molecular flexibility index (Phi) is 62.8. The van der Waals surface area contributed by atoms with Gasteiger partial charge in [0.1, 0.15) is 29.2 Å². The molecule has 0 saturated carbocycles. The molecule has 0 aromatic heterocycles. The van der Waals surface area contributed by atoms with E-state index in [-0.39, 0.29) is 161 Å². The van der Waals surface area contributed by atoms with Crippen LogP contribution in [0.4, 0.5) is 0 Å². The van der Waals surface area contributed by atoms with E-state index in [1.165, 1.54) is 13.8 Å². The van der Waals surface area contributed by atoms with Gasteiger partial charge in [0.2, 0.25) is 29.5 Å². The molecule has 30 nitrogen and oxygen atoms in total. The lowest BCUT2D eigenvalue weighted by atomic mass is 9.83. The van der Waals surface area contributed by atoms with E-state index in [1.807, 2.05) is 0 Å². The summed E-state index contributed by atoms with van der Waals surface area (Å²) in [5, 5.41) is 60.6. The highest BCUT2D eigenvalue weighted by atomic mass is 16.4. The second kappa shape index (κ2) is 67.1. The molecule has 8 atom stereocenters. The maximum Gasteiger partial charge on any atom is 0.326 e. The van der Waals surface area contributed by atoms with Crippen LogP contribution in [0.5, 0.6) is 0 Å². The fourth-order valence-electron chi connectivity index (χ4n) is 13.3. The van der Waals surface area contributed by atoms with Crippen molar-refractivity contribution in [3.63, 3.8) is 0 Å². The number of nitrogens with two attached hydrogens (primary N) is 5. The smallest absolute Gasteiger partial charge is 0.326 e. The molecule has 0 spiro atoms. The average Bonchev–Trinajstić information content (AvgIpc) is 0.856. The van der Waals surface area contributed by atoms with Crippen molar-refractivity contribution < 1.29 is 97.5 Å². The summed E-state index contributed by atoms with van der Waals surface area (Å²) in [5.74, 6) is -10.5. The number of amides is 5. The molecule has 650 valence electrons. The van der Waals surface area contributed by atoms with Crippen LogP contribution in [-0.4, -0.2) is 176 Å². The van der Waals surface area contributed by atoms with Gasteiger partial charge in [-0.2, -0.15) is 0 Å². The van der Waals surface area contributed by atoms with E-state index in [4.69, 9.17) is 38.9 Å². The second-order valence-corrected chi connectivity index (χ2v) is 31.8. The molecule has 0 aliphatic rings. The highest BCUT2D eigenvalue weighted by Gasteiger charge is 2.32. The van der Waals surface area contributed by atoms with Crippen molar-refractivity contribution in [2.45, 2.75) is 390 Å². The second-order valence-electron chi connectivity index (χ2n) is 31.8. The Morgan fingerprint density at radius 1 is 0.283 bits per heavy atom. The minimum Gasteiger partial charge on any atom is -0.481 e. The third-order valence-electron chi connectivity index (χ3n) is 20.8. The maximum atomic E-state index is 13.7. The Morgan fingerprint density at radius 3 is 1.03 bits per heavy atom. The Labute approximate surface area is 672 Å². The van der Waals surface area contributed by atoms with Crippen LogP contribution in [0.15, 0.2) is 0 Å². The molecule has 0 aliphatic carbocycles. The first-order chi connectivity index (χ1) is 53.7. The summed E-state index contributed by atoms with van der Waals surface area (Å²) in [4.78, 5) is 185. The topological polar surface area (TPSA) is 547 Å². The predicted octanol–water partition coefficient (Wildman–Crippen LogP) is 9.77. The summed E-state index contributed by atoms with van der Waals surface area (Å²) < 4.78 is 0. The number of nitrogens with one attached hydrogen (secondary N) is 5. The molecule has 0 fully saturated rings. The summed E-state index contributed by atoms with van der Waals surface area (Å²) in [7, 11) is 0. The number of carbonyl (C=O) groups is 15. The van der Waals surface area contributed by atoms with Crippen LogP contribution in [0.2, 0.25) is 0 Å². The largest absolute Gasteiger partial charge is 0.481 e. The molecule has 0 radical (unpaired) electrons. The van der Waals surface area contributed by atoms with Gasteiger partial charge in [-0.05, 0) is 142 Å². The van der Waals surface area contributed by atoms with E-state index in [2.05, 4.69) is 26.6 Å². The fraction of sp³-hybridized carbons (Fsp3) is 0.819. The summed E-state index contributed by atoms with van der Waals surface area (Å²) in [5.41, 5.74) is 29.4. The van der Waals surface area contributed by atoms with Crippen molar-refractivity contribution >= 4 is 88.3 Å². The number of unbranched alkanes of at least 4 members (excludes halogenated alkanes) is 26. The number of ketones is 5. The van der Waals surface area contributed by atoms with Gasteiger partial charge < -0.3 is 80.8 Å². The molecule has 0 rings (SSSR count). The Hall–Kier alpha value is -7.15. The molecule has 0 aliphatic heterocycles. The molecule has 5 amide bonds. The van der Waals surface area contributed by atoms with Crippen molar-refractivity contribution in [3.05, 3.63) is 0 Å². The van der Waals surface area contributed by atoms with Crippen LogP contribution >= 0.6 is 0 Å². The predicted molar refractivity (Wildman–Crippen MR) is 433 cm³/mol. The molecular formula is C83H148N10O20. The maximum absolute atomic E-state index is 13.7. The van der Waals surface area contributed by atoms with E-state index < -0.39 is 83.3 Å². The monoisotopic (exact) mass is 1610 g/mol. The number of aliphatic carboxylic acids is 5. The number of hydrogen-bond acceptors (Lipinski definition) is 20. The van der Waals surface area contributed by atoms with Gasteiger partial charge in [0.25, 0.3) is 0 Å². The van der Waals surface area contributed by atoms with Crippen LogP contribution in [0.1, 0.15) is 354 Å². The third-order valence-corrected chi connectivity index (χ3v) is 20.8. The van der Waals surface area contributed by atoms with Crippen LogP contribution in [0.25, 0.3) is 0 Å². The van der Waals surface area contributed by atoms with Crippen LogP contribution < -0.4 is 55.3 Å². The molecule has 0 bridgehead atoms. The van der Waals surface area contributed by atoms with Gasteiger partial charge in [-0.15, -0.1) is 0 Å². The van der Waals surface area contributed by atoms with Gasteiger partial charge in [-0.25, -0.2) is 4.79 Å². The minimum absolute atomic E-state index is 0.00313. The van der Waals surface area contributed by atoms with Crippen molar-refractivity contribution in [2.75, 3.05) is 26.2 Å². The summed E-state index contributed by atoms with van der Waals surface area (Å²) in [6, 6.07) is -4.19. The zero-order valence-electron chi connectivity index (χ0n) is 68.7. The van der Waals surface area contributed by atoms with Gasteiger partial charge >= 0.3 is 29.8 Å². The average molecular weight is 1610 g/mol. The highest BCUT2D eigenvalue weighted by Crippen LogP contribution is 2.25. The van der Waals surface area contributed by atoms with Gasteiger partial charge in [-0.1, -0.05) is 141 Å². The molecule has 113 heavy (non-hydrogen) atoms. The Balaban J connectivity index is 4.46. The SMILES string of the molecule is CC(C)(N)C(=O)C[C@@H](CCCCNC(=O)[C@@H](N)CCCCCC(=O)[C@@H](N)CCCCNC(=O)CC[C@H](CC(=O)CCCCCCCCCCCCC(=O)O)C(=O)O)C(=O)C[C@@H](CCCCNC(=O)[C@@H](N)CCCCNC(=O)[C@@H](N)CCCCCC(=O)CC[C@H](NC(=O)CCCCCCCCCCCCC(=O)O)C(=O)O)C(=O)O. The first kappa shape index (κ1) is 106. The van der Waals surface area contributed by atoms with E-state index in [9.17, 15) is 87.2 Å². The van der Waals surface area contributed by atoms with Crippen LogP contribution in [0.3, 0.4) is 0 Å². The highest BCUT2D eigenvalue weighted by molar-refractivity contribution is 5.94. The normalized spacial score (nSPS) is 13.6. The lowest BCUT2D eigenvalue weighted by molar-refractivity contribution is -0.145. The van der Waals surface area contributed by atoms with Gasteiger partial charge in [-0.3, -0.25) is 67.1 Å². The summed E-state index contributed by atoms with van der Waals surface area (Å²) >= 11 is 0. The summed E-state index contributed by atoms with van der Waals surface area (Å²) in [6.45, 7) is 4.20. The Morgan fingerprint density at radius 2 is 0.619 bits per heavy atom. The number of carboxylic acid groups (broad SMARTS) is 5. The number of rotatable bonds is 80. The third kappa shape index (κ3) is 61.0. The van der Waals surface area contributed by atoms with E-state index in [0.29, 0.717) is 161 Å². The first-order valence-corrected chi connectivity index (χ1v) is 42.7. The summed E-state index contributed by atoms with van der Waals surface area (Å²) in [6.07, 6.45) is 29.4. The first-order valence-electron chi connectivity index (χ1n) is 42.7. The molecule has 0 saturated heterocycles. The molecule has 0 aromatic carbocycles. The molecule has 0 aromatic rings. The van der Waals surface area contributed by atoms with Crippen molar-refractivity contribution in [1.82, 2.24) is 26.6 Å². The van der Waals surface area contributed by atoms with Crippen molar-refractivity contribution in [2.24, 2.45) is 46.4 Å². The number of carbonyl (C=O) groups excluding carboxylic acids is 10. The number of hydrogen-bond donors (Lipinski definition) is 15. The standard InChI is InChI=1S/C83H148N10O20/c1-83(2,88)72(98)59-60(37-29-33-54-90-77(105)67(86)43-24-20-25-45-70(96)65(84)41-31-35-53-89-73(99)52-49-62(81(110)111)57-64(95)40-21-15-11-7-3-5-9-13-17-27-47-75(101)102)71(97)58-61(80(108)109)38-30-34-55-91-79(107)68(87)44-32-36-56-92-78(106)66(85)42-23-19-22-39-63(94)50-51-69(82(112)113)93-74(100)46-26-16-12-8-4-6-10-14-18-28-48-76(103)104/h60-62,65-69H,3-59,84-88H2,1-2H3,(H,89,99)(H,90,105)(H,91,107)(H,92,106)(H,93,100)(H,101,102)(H,103,104)(H,108,109)(H,110,111)(H,112,113)/t60-,61-,62-,65+,66+,67+,68+,69+/m1/s1. The van der Waals surface area contributed by atoms with Gasteiger partial charge in [0.15, 0.2) is 5.78 Å². The quantitative estimate of drug-likeness (QED) is 0.0252. The van der Waals surface area contributed by atoms with E-state index >= 15 is 0 Å². The van der Waals surface area contributed by atoms with E-state index in [1.54, 1.807) is 0 Å². The Bertz CT molecular complexity index is 2790. The van der Waals surface area contributed by atoms with Crippen LogP contribution in [0, 0.1) is 17.8 Å². The number of carboxylic acids is 5. The number of Topliss-reactive ketones (excluding diaryl/α,β-unsaturated/α-hetero) is 5. The molecular weight excluding hydrogens is 1460 g/mol. The molecule has 0 unspecified atom stereocenters. The van der Waals surface area contributed by atoms with Crippen molar-refractivity contribution in [1.29, 1.82) is 0 Å². The fourth-order valence-corrected chi connectivity index (χ4v) is 13.3. The molecule has 20 N–H and O–H groups in total. The lowest BCUT2D eigenvalue weighted by Gasteiger charge is -2.23. The van der Waals surface area contributed by atoms with Crippen molar-refractivity contribution in [3.8, 4) is 0 Å². The molecule has 0 heterocycles. The zero-order valence-corrected chi connectivity index (χ0v) is 68.7. The molecule has 30 heteroatoms. The van der Waals surface area contributed by atoms with Gasteiger partial charge in [0.05, 0.1) is 41.5 Å². The zero-order chi connectivity index (χ0) is 84.6. The minimum atomic E-state index is -1.23.